The number of nitrogen functional groups attached to an aromatic ring is 1. The van der Waals surface area contributed by atoms with Crippen molar-refractivity contribution >= 4 is 17.5 Å². The molecule has 0 aliphatic heterocycles. The van der Waals surface area contributed by atoms with Gasteiger partial charge in [0.1, 0.15) is 17.1 Å². The van der Waals surface area contributed by atoms with Gasteiger partial charge in [-0.3, -0.25) is 0 Å². The number of hydrogen-bond donors (Lipinski definition) is 2. The van der Waals surface area contributed by atoms with Gasteiger partial charge in [0.15, 0.2) is 0 Å². The Hall–Kier alpha value is -2.57. The van der Waals surface area contributed by atoms with Gasteiger partial charge in [0, 0.05) is 12.1 Å². The number of nitrogens with two attached hydrogens (primary N) is 1. The van der Waals surface area contributed by atoms with Crippen molar-refractivity contribution in [1.29, 1.82) is 0 Å². The number of carbonyl (C=O) groups excluding carboxylic acids is 1. The predicted molar refractivity (Wildman–Crippen MR) is 77.9 cm³/mol. The monoisotopic (exact) mass is 290 g/mol. The maximum atomic E-state index is 11.9. The Morgan fingerprint density at radius 3 is 2.86 bits per heavy atom. The van der Waals surface area contributed by atoms with Crippen LogP contribution in [-0.2, 0) is 11.3 Å². The van der Waals surface area contributed by atoms with Gasteiger partial charge in [-0.05, 0) is 26.8 Å². The highest BCUT2D eigenvalue weighted by Gasteiger charge is 2.16. The van der Waals surface area contributed by atoms with Crippen molar-refractivity contribution in [2.45, 2.75) is 27.3 Å². The first-order valence-corrected chi connectivity index (χ1v) is 6.61. The summed E-state index contributed by atoms with van der Waals surface area (Å²) >= 11 is 0. The van der Waals surface area contributed by atoms with Crippen LogP contribution in [0.1, 0.15) is 34.3 Å². The molecule has 0 radical (unpaired) electrons. The van der Waals surface area contributed by atoms with E-state index in [1.165, 1.54) is 6.20 Å². The molecule has 0 saturated heterocycles. The average molecular weight is 290 g/mol. The number of hydrogen-bond acceptors (Lipinski definition) is 7. The normalized spacial score (nSPS) is 10.4. The van der Waals surface area contributed by atoms with Gasteiger partial charge >= 0.3 is 5.97 Å². The summed E-state index contributed by atoms with van der Waals surface area (Å²) in [6.07, 6.45) is 1.48. The highest BCUT2D eigenvalue weighted by molar-refractivity contribution is 5.95. The van der Waals surface area contributed by atoms with Crippen LogP contribution in [0.5, 0.6) is 0 Å². The van der Waals surface area contributed by atoms with E-state index >= 15 is 0 Å². The number of carbonyl (C=O) groups is 1. The number of aryl methyl sites for hydroxylation is 2. The second kappa shape index (κ2) is 6.25. The predicted octanol–water partition coefficient (Wildman–Crippen LogP) is 2.06. The zero-order valence-corrected chi connectivity index (χ0v) is 12.3. The van der Waals surface area contributed by atoms with Crippen molar-refractivity contribution < 1.29 is 14.1 Å². The summed E-state index contributed by atoms with van der Waals surface area (Å²) in [4.78, 5) is 16.1. The first-order valence-electron chi connectivity index (χ1n) is 6.61. The van der Waals surface area contributed by atoms with Crippen molar-refractivity contribution in [1.82, 2.24) is 10.1 Å². The average Bonchev–Trinajstić information content (AvgIpc) is 2.77. The number of nitrogens with zero attached hydrogens (tertiary/aromatic N) is 2. The van der Waals surface area contributed by atoms with E-state index in [-0.39, 0.29) is 6.61 Å². The lowest BCUT2D eigenvalue weighted by atomic mass is 10.2. The summed E-state index contributed by atoms with van der Waals surface area (Å²) in [6, 6.07) is 1.54. The number of aromatic nitrogens is 2. The number of ether oxygens (including phenoxy) is 1. The Morgan fingerprint density at radius 1 is 1.48 bits per heavy atom. The van der Waals surface area contributed by atoms with Crippen molar-refractivity contribution in [3.63, 3.8) is 0 Å². The first kappa shape index (κ1) is 14.8. The molecule has 0 bridgehead atoms. The Balaban J connectivity index is 2.22. The number of rotatable bonds is 5. The number of esters is 1. The minimum atomic E-state index is -0.460. The molecule has 0 spiro atoms. The fraction of sp³-hybridized carbons (Fsp3) is 0.357. The molecule has 7 heteroatoms. The Bertz CT molecular complexity index is 632. The topological polar surface area (TPSA) is 103 Å². The minimum absolute atomic E-state index is 0.289. The van der Waals surface area contributed by atoms with Gasteiger partial charge in [-0.2, -0.15) is 0 Å². The fourth-order valence-corrected chi connectivity index (χ4v) is 1.91. The molecule has 0 saturated carbocycles. The van der Waals surface area contributed by atoms with E-state index in [1.807, 2.05) is 13.8 Å². The third-order valence-corrected chi connectivity index (χ3v) is 3.02. The van der Waals surface area contributed by atoms with E-state index in [4.69, 9.17) is 15.0 Å². The van der Waals surface area contributed by atoms with Gasteiger partial charge in [-0.25, -0.2) is 9.78 Å². The molecule has 2 rings (SSSR count). The highest BCUT2D eigenvalue weighted by Crippen LogP contribution is 2.19. The second-order valence-electron chi connectivity index (χ2n) is 4.54. The van der Waals surface area contributed by atoms with Gasteiger partial charge in [0.25, 0.3) is 0 Å². The fourth-order valence-electron chi connectivity index (χ4n) is 1.91. The van der Waals surface area contributed by atoms with Crippen LogP contribution in [0.15, 0.2) is 16.8 Å². The largest absolute Gasteiger partial charge is 0.462 e. The molecule has 3 N–H and O–H groups in total. The molecule has 0 aliphatic rings. The van der Waals surface area contributed by atoms with E-state index < -0.39 is 5.97 Å². The van der Waals surface area contributed by atoms with E-state index in [2.05, 4.69) is 15.5 Å². The van der Waals surface area contributed by atoms with Crippen LogP contribution in [0.25, 0.3) is 0 Å². The molecule has 112 valence electrons. The summed E-state index contributed by atoms with van der Waals surface area (Å²) in [5.74, 6) is 0.689. The molecule has 0 aromatic carbocycles. The van der Waals surface area contributed by atoms with Crippen LogP contribution in [0, 0.1) is 13.8 Å². The molecule has 0 fully saturated rings. The Morgan fingerprint density at radius 2 is 2.24 bits per heavy atom. The van der Waals surface area contributed by atoms with Gasteiger partial charge < -0.3 is 20.3 Å². The van der Waals surface area contributed by atoms with Crippen molar-refractivity contribution in [3.8, 4) is 0 Å². The molecular weight excluding hydrogens is 272 g/mol. The lowest BCUT2D eigenvalue weighted by molar-refractivity contribution is 0.0527. The smallest absolute Gasteiger partial charge is 0.341 e. The molecule has 0 aliphatic carbocycles. The van der Waals surface area contributed by atoms with Crippen LogP contribution in [-0.4, -0.2) is 22.7 Å². The maximum Gasteiger partial charge on any atom is 0.341 e. The van der Waals surface area contributed by atoms with Crippen LogP contribution in [0.4, 0.5) is 11.5 Å². The third kappa shape index (κ3) is 3.31. The standard InChI is InChI=1S/C14H18N4O3/c1-4-20-14(19)11-5-10(15)6-16-13(11)17-7-12-8(2)18-21-9(12)3/h5-6H,4,7,15H2,1-3H3,(H,16,17). The van der Waals surface area contributed by atoms with E-state index in [1.54, 1.807) is 13.0 Å². The number of nitrogens with one attached hydrogen (secondary N) is 1. The van der Waals surface area contributed by atoms with E-state index in [0.29, 0.717) is 23.6 Å². The molecule has 2 aromatic rings. The van der Waals surface area contributed by atoms with Gasteiger partial charge in [-0.1, -0.05) is 5.16 Å². The molecule has 0 atom stereocenters. The summed E-state index contributed by atoms with van der Waals surface area (Å²) in [5.41, 5.74) is 8.12. The zero-order chi connectivity index (χ0) is 15.4. The van der Waals surface area contributed by atoms with Crippen molar-refractivity contribution in [3.05, 3.63) is 34.8 Å². The molecular formula is C14H18N4O3. The summed E-state index contributed by atoms with van der Waals surface area (Å²) in [5, 5.41) is 6.98. The lowest BCUT2D eigenvalue weighted by Gasteiger charge is -2.11. The van der Waals surface area contributed by atoms with Crippen molar-refractivity contribution in [2.75, 3.05) is 17.7 Å². The number of pyridine rings is 1. The van der Waals surface area contributed by atoms with Gasteiger partial charge in [-0.15, -0.1) is 0 Å². The lowest BCUT2D eigenvalue weighted by Crippen LogP contribution is -2.12. The Kier molecular flexibility index (Phi) is 4.42. The van der Waals surface area contributed by atoms with Crippen molar-refractivity contribution in [2.24, 2.45) is 0 Å². The minimum Gasteiger partial charge on any atom is -0.462 e. The van der Waals surface area contributed by atoms with E-state index in [0.717, 1.165) is 17.0 Å². The molecule has 2 aromatic heterocycles. The second-order valence-corrected chi connectivity index (χ2v) is 4.54. The van der Waals surface area contributed by atoms with Crippen LogP contribution >= 0.6 is 0 Å². The molecule has 0 amide bonds. The Labute approximate surface area is 122 Å². The summed E-state index contributed by atoms with van der Waals surface area (Å²) < 4.78 is 10.1. The third-order valence-electron chi connectivity index (χ3n) is 3.02. The molecule has 0 unspecified atom stereocenters. The molecule has 21 heavy (non-hydrogen) atoms. The quantitative estimate of drug-likeness (QED) is 0.812. The number of anilines is 2. The van der Waals surface area contributed by atoms with Crippen LogP contribution in [0.3, 0.4) is 0 Å². The van der Waals surface area contributed by atoms with Crippen LogP contribution < -0.4 is 11.1 Å². The SMILES string of the molecule is CCOC(=O)c1cc(N)cnc1NCc1c(C)noc1C. The summed E-state index contributed by atoms with van der Waals surface area (Å²) in [6.45, 7) is 6.17. The summed E-state index contributed by atoms with van der Waals surface area (Å²) in [7, 11) is 0. The van der Waals surface area contributed by atoms with E-state index in [9.17, 15) is 4.79 Å². The molecule has 7 nitrogen and oxygen atoms in total. The molecule has 2 heterocycles. The zero-order valence-electron chi connectivity index (χ0n) is 12.3. The first-order chi connectivity index (χ1) is 10.0. The van der Waals surface area contributed by atoms with Crippen LogP contribution in [0.2, 0.25) is 0 Å². The highest BCUT2D eigenvalue weighted by atomic mass is 16.5. The van der Waals surface area contributed by atoms with Gasteiger partial charge in [0.2, 0.25) is 0 Å². The maximum absolute atomic E-state index is 11.9. The van der Waals surface area contributed by atoms with Gasteiger partial charge in [0.05, 0.1) is 24.2 Å².